The summed E-state index contributed by atoms with van der Waals surface area (Å²) in [6.45, 7) is 1.85. The van der Waals surface area contributed by atoms with E-state index in [4.69, 9.17) is 0 Å². The molecule has 0 aliphatic heterocycles. The fraction of sp³-hybridized carbons (Fsp3) is 0.833. The Hall–Kier alpha value is -0.380. The molecule has 68 valence electrons. The molecule has 1 atom stereocenters. The Morgan fingerprint density at radius 3 is 2.55 bits per heavy atom. The Morgan fingerprint density at radius 1 is 1.64 bits per heavy atom. The van der Waals surface area contributed by atoms with Crippen LogP contribution in [0.4, 0.5) is 8.92 Å². The van der Waals surface area contributed by atoms with Gasteiger partial charge in [-0.25, -0.2) is 9.18 Å². The summed E-state index contributed by atoms with van der Waals surface area (Å²) in [5, 5.41) is 0. The Morgan fingerprint density at radius 2 is 2.18 bits per heavy atom. The average Bonchev–Trinajstić information content (AvgIpc) is 1.98. The molecule has 0 saturated carbocycles. The quantitative estimate of drug-likeness (QED) is 0.677. The number of rotatable bonds is 4. The zero-order chi connectivity index (χ0) is 7.98. The maximum Gasteiger partial charge on any atom is 0.382 e. The molecule has 0 aliphatic carbocycles. The highest BCUT2D eigenvalue weighted by Gasteiger charge is 2.18. The lowest BCUT2D eigenvalue weighted by Crippen LogP contribution is -2.15. The molecule has 5 heteroatoms. The highest BCUT2D eigenvalue weighted by molar-refractivity contribution is 5.85. The lowest BCUT2D eigenvalue weighted by molar-refractivity contribution is -0.190. The van der Waals surface area contributed by atoms with Crippen molar-refractivity contribution in [3.8, 4) is 0 Å². The van der Waals surface area contributed by atoms with E-state index in [1.165, 1.54) is 0 Å². The molecule has 0 radical (unpaired) electrons. The molecule has 0 aromatic heterocycles. The molecule has 0 rings (SSSR count). The Labute approximate surface area is 70.2 Å². The predicted octanol–water partition coefficient (Wildman–Crippen LogP) is 2.36. The molecule has 11 heavy (non-hydrogen) atoms. The molecule has 0 fully saturated rings. The standard InChI is InChI=1S/C6H10F2O2.ClH/c1-2-3-4-5(7)6(9)10-8;/h5H,2-4H2,1H3;1H. The van der Waals surface area contributed by atoms with Crippen LogP contribution in [0.3, 0.4) is 0 Å². The van der Waals surface area contributed by atoms with E-state index >= 15 is 0 Å². The van der Waals surface area contributed by atoms with Crippen molar-refractivity contribution < 1.29 is 18.7 Å². The smallest absolute Gasteiger partial charge is 0.252 e. The number of carbonyl (C=O) groups excluding carboxylic acids is 1. The van der Waals surface area contributed by atoms with Crippen molar-refractivity contribution in [2.75, 3.05) is 0 Å². The fourth-order valence-corrected chi connectivity index (χ4v) is 0.550. The second-order valence-electron chi connectivity index (χ2n) is 2.01. The van der Waals surface area contributed by atoms with Crippen LogP contribution in [-0.4, -0.2) is 12.1 Å². The van der Waals surface area contributed by atoms with Gasteiger partial charge in [-0.2, -0.15) is 0 Å². The van der Waals surface area contributed by atoms with E-state index in [0.717, 1.165) is 6.42 Å². The largest absolute Gasteiger partial charge is 0.382 e. The van der Waals surface area contributed by atoms with Crippen molar-refractivity contribution in [3.05, 3.63) is 0 Å². The van der Waals surface area contributed by atoms with Crippen molar-refractivity contribution >= 4 is 18.4 Å². The van der Waals surface area contributed by atoms with Gasteiger partial charge in [0, 0.05) is 4.53 Å². The number of alkyl halides is 1. The Bertz CT molecular complexity index is 111. The van der Waals surface area contributed by atoms with E-state index in [2.05, 4.69) is 4.94 Å². The third kappa shape index (κ3) is 6.04. The highest BCUT2D eigenvalue weighted by atomic mass is 35.5. The maximum atomic E-state index is 12.3. The van der Waals surface area contributed by atoms with Gasteiger partial charge in [0.05, 0.1) is 0 Å². The third-order valence-corrected chi connectivity index (χ3v) is 1.14. The average molecular weight is 189 g/mol. The van der Waals surface area contributed by atoms with Gasteiger partial charge < -0.3 is 0 Å². The van der Waals surface area contributed by atoms with Crippen molar-refractivity contribution in [3.63, 3.8) is 0 Å². The van der Waals surface area contributed by atoms with Gasteiger partial charge in [0.15, 0.2) is 0 Å². The summed E-state index contributed by atoms with van der Waals surface area (Å²) in [6, 6.07) is 0. The summed E-state index contributed by atoms with van der Waals surface area (Å²) in [6.07, 6.45) is -0.417. The van der Waals surface area contributed by atoms with Crippen LogP contribution in [0.1, 0.15) is 26.2 Å². The van der Waals surface area contributed by atoms with Crippen LogP contribution in [0.5, 0.6) is 0 Å². The first-order valence-electron chi connectivity index (χ1n) is 3.18. The summed E-state index contributed by atoms with van der Waals surface area (Å²) in [5.74, 6) is -1.42. The molecule has 0 aliphatic rings. The minimum absolute atomic E-state index is 0. The Balaban J connectivity index is 0. The lowest BCUT2D eigenvalue weighted by Gasteiger charge is -1.99. The van der Waals surface area contributed by atoms with Gasteiger partial charge in [-0.1, -0.05) is 19.8 Å². The van der Waals surface area contributed by atoms with E-state index in [-0.39, 0.29) is 18.8 Å². The first kappa shape index (κ1) is 13.2. The molecule has 0 aromatic carbocycles. The molecule has 0 aromatic rings. The topological polar surface area (TPSA) is 26.3 Å². The van der Waals surface area contributed by atoms with E-state index in [1.807, 2.05) is 6.92 Å². The van der Waals surface area contributed by atoms with Gasteiger partial charge in [-0.15, -0.1) is 12.4 Å². The van der Waals surface area contributed by atoms with Crippen LogP contribution in [0.15, 0.2) is 0 Å². The number of hydrogen-bond donors (Lipinski definition) is 0. The molecule has 0 amide bonds. The van der Waals surface area contributed by atoms with Crippen LogP contribution in [0.25, 0.3) is 0 Å². The molecular weight excluding hydrogens is 178 g/mol. The zero-order valence-corrected chi connectivity index (χ0v) is 7.00. The highest BCUT2D eigenvalue weighted by Crippen LogP contribution is 2.05. The van der Waals surface area contributed by atoms with E-state index in [0.29, 0.717) is 6.42 Å². The van der Waals surface area contributed by atoms with Crippen LogP contribution in [0, 0.1) is 0 Å². The zero-order valence-electron chi connectivity index (χ0n) is 6.18. The lowest BCUT2D eigenvalue weighted by atomic mass is 10.2. The summed E-state index contributed by atoms with van der Waals surface area (Å²) in [7, 11) is 0. The SMILES string of the molecule is CCCCC(F)C(=O)OF.Cl. The molecule has 0 heterocycles. The normalized spacial score (nSPS) is 11.5. The van der Waals surface area contributed by atoms with Crippen LogP contribution in [-0.2, 0) is 9.74 Å². The van der Waals surface area contributed by atoms with Gasteiger partial charge in [0.2, 0.25) is 6.17 Å². The molecule has 2 nitrogen and oxygen atoms in total. The van der Waals surface area contributed by atoms with Gasteiger partial charge in [0.1, 0.15) is 0 Å². The molecule has 0 saturated heterocycles. The molecular formula is C6H11ClF2O2. The summed E-state index contributed by atoms with van der Waals surface area (Å²) >= 11 is 0. The second-order valence-corrected chi connectivity index (χ2v) is 2.01. The summed E-state index contributed by atoms with van der Waals surface area (Å²) in [4.78, 5) is 12.7. The number of carbonyl (C=O) groups is 1. The second kappa shape index (κ2) is 7.72. The van der Waals surface area contributed by atoms with Gasteiger partial charge in [-0.3, -0.25) is 4.94 Å². The molecule has 0 spiro atoms. The molecule has 0 N–H and O–H groups in total. The van der Waals surface area contributed by atoms with Crippen LogP contribution < -0.4 is 0 Å². The van der Waals surface area contributed by atoms with Crippen LogP contribution in [0.2, 0.25) is 0 Å². The van der Waals surface area contributed by atoms with Gasteiger partial charge in [-0.05, 0) is 6.42 Å². The van der Waals surface area contributed by atoms with E-state index in [1.54, 1.807) is 0 Å². The number of hydrogen-bond acceptors (Lipinski definition) is 2. The fourth-order valence-electron chi connectivity index (χ4n) is 0.550. The number of halogens is 3. The van der Waals surface area contributed by atoms with Crippen molar-refractivity contribution in [2.45, 2.75) is 32.4 Å². The van der Waals surface area contributed by atoms with Crippen LogP contribution >= 0.6 is 12.4 Å². The predicted molar refractivity (Wildman–Crippen MR) is 38.9 cm³/mol. The summed E-state index contributed by atoms with van der Waals surface area (Å²) < 4.78 is 23.2. The third-order valence-electron chi connectivity index (χ3n) is 1.14. The molecule has 1 unspecified atom stereocenters. The first-order valence-corrected chi connectivity index (χ1v) is 3.18. The van der Waals surface area contributed by atoms with Crippen molar-refractivity contribution in [2.24, 2.45) is 0 Å². The first-order chi connectivity index (χ1) is 4.72. The molecule has 0 bridgehead atoms. The van der Waals surface area contributed by atoms with Crippen molar-refractivity contribution in [1.82, 2.24) is 0 Å². The number of unbranched alkanes of at least 4 members (excludes halogenated alkanes) is 1. The maximum absolute atomic E-state index is 12.3. The Kier molecular flexibility index (Phi) is 9.29. The van der Waals surface area contributed by atoms with E-state index in [9.17, 15) is 13.7 Å². The minimum atomic E-state index is -1.80. The monoisotopic (exact) mass is 188 g/mol. The van der Waals surface area contributed by atoms with Crippen molar-refractivity contribution in [1.29, 1.82) is 0 Å². The van der Waals surface area contributed by atoms with Gasteiger partial charge in [0.25, 0.3) is 0 Å². The minimum Gasteiger partial charge on any atom is -0.252 e. The summed E-state index contributed by atoms with van der Waals surface area (Å²) in [5.41, 5.74) is 0. The van der Waals surface area contributed by atoms with Gasteiger partial charge >= 0.3 is 5.97 Å². The van der Waals surface area contributed by atoms with E-state index < -0.39 is 12.1 Å².